The minimum Gasteiger partial charge on any atom is -0.385 e. The van der Waals surface area contributed by atoms with Crippen molar-refractivity contribution in [1.82, 2.24) is 5.32 Å². The summed E-state index contributed by atoms with van der Waals surface area (Å²) >= 11 is 3.16. The Balaban J connectivity index is 2.57. The predicted octanol–water partition coefficient (Wildman–Crippen LogP) is 2.07. The summed E-state index contributed by atoms with van der Waals surface area (Å²) in [6.07, 6.45) is 0.584. The van der Waals surface area contributed by atoms with Crippen molar-refractivity contribution in [2.24, 2.45) is 0 Å². The summed E-state index contributed by atoms with van der Waals surface area (Å²) < 4.78 is 18.9. The summed E-state index contributed by atoms with van der Waals surface area (Å²) in [5.74, 6) is -2.33. The van der Waals surface area contributed by atoms with Gasteiger partial charge in [-0.15, -0.1) is 0 Å². The molecule has 0 spiro atoms. The molecule has 0 bridgehead atoms. The second-order valence-electron chi connectivity index (χ2n) is 4.23. The maximum atomic E-state index is 13.4. The summed E-state index contributed by atoms with van der Waals surface area (Å²) in [5, 5.41) is 4.73. The molecule has 1 aromatic carbocycles. The number of anilines is 1. The highest BCUT2D eigenvalue weighted by Gasteiger charge is 2.17. The first-order valence-corrected chi connectivity index (χ1v) is 6.79. The highest BCUT2D eigenvalue weighted by Crippen LogP contribution is 2.19. The summed E-state index contributed by atoms with van der Waals surface area (Å²) in [6.45, 7) is 2.23. The summed E-state index contributed by atoms with van der Waals surface area (Å²) in [6, 6.07) is 3.87. The van der Waals surface area contributed by atoms with Crippen LogP contribution in [0, 0.1) is 5.82 Å². The van der Waals surface area contributed by atoms with E-state index in [0.717, 1.165) is 0 Å². The van der Waals surface area contributed by atoms with Gasteiger partial charge in [0.05, 0.1) is 5.69 Å². The first-order chi connectivity index (χ1) is 9.43. The topological polar surface area (TPSA) is 67.4 Å². The van der Waals surface area contributed by atoms with E-state index in [-0.39, 0.29) is 11.7 Å². The number of hydrogen-bond acceptors (Lipinski definition) is 3. The van der Waals surface area contributed by atoms with E-state index in [2.05, 4.69) is 26.6 Å². The molecule has 0 heterocycles. The van der Waals surface area contributed by atoms with Gasteiger partial charge in [0.15, 0.2) is 0 Å². The van der Waals surface area contributed by atoms with Crippen molar-refractivity contribution in [3.63, 3.8) is 0 Å². The third kappa shape index (κ3) is 5.26. The first-order valence-electron chi connectivity index (χ1n) is 6.00. The molecule has 7 heteroatoms. The molecular formula is C13H16BrFN2O3. The molecule has 0 saturated heterocycles. The fourth-order valence-electron chi connectivity index (χ4n) is 1.43. The minimum atomic E-state index is -0.911. The Morgan fingerprint density at radius 1 is 1.40 bits per heavy atom. The second kappa shape index (κ2) is 7.96. The van der Waals surface area contributed by atoms with Crippen LogP contribution in [0.2, 0.25) is 0 Å². The number of methoxy groups -OCH3 is 1. The molecule has 0 radical (unpaired) electrons. The quantitative estimate of drug-likeness (QED) is 0.802. The Morgan fingerprint density at radius 2 is 2.10 bits per heavy atom. The Morgan fingerprint density at radius 3 is 2.75 bits per heavy atom. The molecular weight excluding hydrogens is 331 g/mol. The van der Waals surface area contributed by atoms with Crippen molar-refractivity contribution in [1.29, 1.82) is 0 Å². The fourth-order valence-corrected chi connectivity index (χ4v) is 1.79. The molecule has 0 aromatic heterocycles. The number of ether oxygens (including phenoxy) is 1. The van der Waals surface area contributed by atoms with E-state index in [1.807, 2.05) is 0 Å². The van der Waals surface area contributed by atoms with Crippen LogP contribution in [0.5, 0.6) is 0 Å². The molecule has 1 aromatic rings. The lowest BCUT2D eigenvalue weighted by atomic mass is 10.2. The predicted molar refractivity (Wildman–Crippen MR) is 76.8 cm³/mol. The highest BCUT2D eigenvalue weighted by molar-refractivity contribution is 9.10. The van der Waals surface area contributed by atoms with E-state index in [1.54, 1.807) is 14.0 Å². The van der Waals surface area contributed by atoms with Crippen LogP contribution in [0.1, 0.15) is 13.3 Å². The number of rotatable bonds is 5. The normalized spacial score (nSPS) is 11.8. The van der Waals surface area contributed by atoms with Crippen molar-refractivity contribution in [2.45, 2.75) is 19.4 Å². The fraction of sp³-hybridized carbons (Fsp3) is 0.385. The molecule has 110 valence electrons. The summed E-state index contributed by atoms with van der Waals surface area (Å²) in [7, 11) is 1.55. The smallest absolute Gasteiger partial charge is 0.313 e. The first kappa shape index (κ1) is 16.6. The van der Waals surface area contributed by atoms with Gasteiger partial charge in [-0.3, -0.25) is 9.59 Å². The van der Waals surface area contributed by atoms with Crippen LogP contribution < -0.4 is 10.6 Å². The third-order valence-corrected chi connectivity index (χ3v) is 3.01. The van der Waals surface area contributed by atoms with Crippen LogP contribution in [0.3, 0.4) is 0 Å². The van der Waals surface area contributed by atoms with Crippen molar-refractivity contribution in [3.05, 3.63) is 28.5 Å². The highest BCUT2D eigenvalue weighted by atomic mass is 79.9. The Kier molecular flexibility index (Phi) is 6.60. The molecule has 1 rings (SSSR count). The molecule has 20 heavy (non-hydrogen) atoms. The number of amides is 2. The molecule has 0 fully saturated rings. The van der Waals surface area contributed by atoms with Crippen LogP contribution in [0.4, 0.5) is 10.1 Å². The number of hydrogen-bond donors (Lipinski definition) is 2. The van der Waals surface area contributed by atoms with Gasteiger partial charge in [0.2, 0.25) is 0 Å². The zero-order valence-electron chi connectivity index (χ0n) is 11.2. The summed E-state index contributed by atoms with van der Waals surface area (Å²) in [4.78, 5) is 23.3. The lowest BCUT2D eigenvalue weighted by Gasteiger charge is -2.13. The maximum Gasteiger partial charge on any atom is 0.313 e. The average molecular weight is 347 g/mol. The van der Waals surface area contributed by atoms with Gasteiger partial charge in [0.25, 0.3) is 0 Å². The van der Waals surface area contributed by atoms with Gasteiger partial charge >= 0.3 is 11.8 Å². The lowest BCUT2D eigenvalue weighted by Crippen LogP contribution is -2.41. The van der Waals surface area contributed by atoms with Crippen LogP contribution in [-0.4, -0.2) is 31.6 Å². The van der Waals surface area contributed by atoms with E-state index < -0.39 is 17.6 Å². The third-order valence-electron chi connectivity index (χ3n) is 2.52. The number of benzene rings is 1. The summed E-state index contributed by atoms with van der Waals surface area (Å²) in [5.41, 5.74) is -0.0518. The number of carbonyl (C=O) groups excluding carboxylic acids is 2. The molecule has 2 amide bonds. The second-order valence-corrected chi connectivity index (χ2v) is 5.15. The van der Waals surface area contributed by atoms with Crippen LogP contribution in [0.15, 0.2) is 22.7 Å². The van der Waals surface area contributed by atoms with E-state index >= 15 is 0 Å². The molecule has 0 aliphatic carbocycles. The lowest BCUT2D eigenvalue weighted by molar-refractivity contribution is -0.136. The van der Waals surface area contributed by atoms with Gasteiger partial charge in [0.1, 0.15) is 5.82 Å². The van der Waals surface area contributed by atoms with E-state index in [1.165, 1.54) is 18.2 Å². The van der Waals surface area contributed by atoms with Gasteiger partial charge in [0, 0.05) is 24.2 Å². The molecule has 0 unspecified atom stereocenters. The van der Waals surface area contributed by atoms with Gasteiger partial charge in [-0.25, -0.2) is 4.39 Å². The molecule has 0 saturated carbocycles. The van der Waals surface area contributed by atoms with Crippen molar-refractivity contribution in [3.8, 4) is 0 Å². The number of halogens is 2. The zero-order chi connectivity index (χ0) is 15.1. The maximum absolute atomic E-state index is 13.4. The van der Waals surface area contributed by atoms with Crippen molar-refractivity contribution < 1.29 is 18.7 Å². The standard InChI is InChI=1S/C13H16BrFN2O3/c1-8(5-6-20-2)16-12(18)13(19)17-11-7-9(14)3-4-10(11)15/h3-4,7-8H,5-6H2,1-2H3,(H,16,18)(H,17,19)/t8-/m1/s1. The Bertz CT molecular complexity index is 497. The van der Waals surface area contributed by atoms with Crippen LogP contribution in [-0.2, 0) is 14.3 Å². The van der Waals surface area contributed by atoms with Crippen molar-refractivity contribution >= 4 is 33.4 Å². The van der Waals surface area contributed by atoms with Crippen molar-refractivity contribution in [2.75, 3.05) is 19.0 Å². The Labute approximate surface area is 125 Å². The average Bonchev–Trinajstić information content (AvgIpc) is 2.40. The van der Waals surface area contributed by atoms with E-state index in [4.69, 9.17) is 4.74 Å². The van der Waals surface area contributed by atoms with E-state index in [9.17, 15) is 14.0 Å². The van der Waals surface area contributed by atoms with Gasteiger partial charge in [-0.2, -0.15) is 0 Å². The van der Waals surface area contributed by atoms with E-state index in [0.29, 0.717) is 17.5 Å². The van der Waals surface area contributed by atoms with Crippen LogP contribution >= 0.6 is 15.9 Å². The molecule has 2 N–H and O–H groups in total. The minimum absolute atomic E-state index is 0.0518. The molecule has 0 aliphatic heterocycles. The SMILES string of the molecule is COCC[C@@H](C)NC(=O)C(=O)Nc1cc(Br)ccc1F. The molecule has 0 aliphatic rings. The molecule has 1 atom stereocenters. The van der Waals surface area contributed by atoms with Gasteiger partial charge in [-0.1, -0.05) is 15.9 Å². The van der Waals surface area contributed by atoms with Gasteiger partial charge in [-0.05, 0) is 31.5 Å². The zero-order valence-corrected chi connectivity index (χ0v) is 12.8. The van der Waals surface area contributed by atoms with Gasteiger partial charge < -0.3 is 15.4 Å². The molecule has 5 nitrogen and oxygen atoms in total. The Hall–Kier alpha value is -1.47. The number of carbonyl (C=O) groups is 2. The largest absolute Gasteiger partial charge is 0.385 e. The monoisotopic (exact) mass is 346 g/mol. The van der Waals surface area contributed by atoms with Crippen LogP contribution in [0.25, 0.3) is 0 Å². The number of nitrogens with one attached hydrogen (secondary N) is 2.